The number of hydrogen-bond donors (Lipinski definition) is 2. The normalized spacial score (nSPS) is 13.9. The average Bonchev–Trinajstić information content (AvgIpc) is 2.89. The van der Waals surface area contributed by atoms with Crippen molar-refractivity contribution in [3.05, 3.63) is 46.2 Å². The number of benzene rings is 1. The molecule has 88 valence electrons. The van der Waals surface area contributed by atoms with E-state index in [1.165, 1.54) is 35.3 Å². The molecule has 0 spiro atoms. The highest BCUT2D eigenvalue weighted by atomic mass is 32.1. The first-order chi connectivity index (χ1) is 8.43. The highest BCUT2D eigenvalue weighted by Crippen LogP contribution is 2.26. The van der Waals surface area contributed by atoms with Crippen molar-refractivity contribution in [1.29, 1.82) is 0 Å². The van der Waals surface area contributed by atoms with Crippen LogP contribution in [0, 0.1) is 0 Å². The molecule has 0 radical (unpaired) electrons. The van der Waals surface area contributed by atoms with Crippen molar-refractivity contribution in [1.82, 2.24) is 0 Å². The fraction of sp³-hybridized carbons (Fsp3) is 0.286. The Bertz CT molecular complexity index is 491. The fourth-order valence-corrected chi connectivity index (χ4v) is 2.90. The second-order valence-corrected chi connectivity index (χ2v) is 5.13. The first-order valence-corrected chi connectivity index (χ1v) is 6.98. The molecule has 0 saturated carbocycles. The highest BCUT2D eigenvalue weighted by Gasteiger charge is 2.11. The van der Waals surface area contributed by atoms with Gasteiger partial charge < -0.3 is 10.6 Å². The number of aryl methyl sites for hydroxylation is 1. The van der Waals surface area contributed by atoms with Crippen molar-refractivity contribution in [3.63, 3.8) is 0 Å². The summed E-state index contributed by atoms with van der Waals surface area (Å²) in [4.78, 5) is 0. The van der Waals surface area contributed by atoms with E-state index in [4.69, 9.17) is 0 Å². The first-order valence-electron chi connectivity index (χ1n) is 6.04. The number of anilines is 2. The molecule has 0 bridgehead atoms. The first kappa shape index (κ1) is 10.7. The summed E-state index contributed by atoms with van der Waals surface area (Å²) in [6.07, 6.45) is 2.45. The van der Waals surface area contributed by atoms with Gasteiger partial charge in [0.15, 0.2) is 0 Å². The number of para-hydroxylation sites is 1. The Kier molecular flexibility index (Phi) is 3.01. The predicted molar refractivity (Wildman–Crippen MR) is 74.9 cm³/mol. The Labute approximate surface area is 106 Å². The molecule has 2 heterocycles. The lowest BCUT2D eigenvalue weighted by atomic mass is 9.99. The van der Waals surface area contributed by atoms with E-state index in [9.17, 15) is 0 Å². The molecule has 0 aliphatic carbocycles. The van der Waals surface area contributed by atoms with Crippen molar-refractivity contribution >= 4 is 22.7 Å². The van der Waals surface area contributed by atoms with Gasteiger partial charge in [-0.2, -0.15) is 11.3 Å². The zero-order chi connectivity index (χ0) is 11.5. The molecule has 1 aliphatic rings. The molecule has 17 heavy (non-hydrogen) atoms. The Balaban J connectivity index is 1.78. The zero-order valence-corrected chi connectivity index (χ0v) is 10.5. The number of thiophene rings is 1. The van der Waals surface area contributed by atoms with Gasteiger partial charge in [-0.25, -0.2) is 0 Å². The fourth-order valence-electron chi connectivity index (χ4n) is 2.29. The molecule has 0 amide bonds. The van der Waals surface area contributed by atoms with E-state index in [0.29, 0.717) is 0 Å². The van der Waals surface area contributed by atoms with Gasteiger partial charge >= 0.3 is 0 Å². The van der Waals surface area contributed by atoms with E-state index in [0.717, 1.165) is 13.1 Å². The monoisotopic (exact) mass is 244 g/mol. The molecule has 0 fully saturated rings. The molecule has 2 aromatic rings. The van der Waals surface area contributed by atoms with E-state index >= 15 is 0 Å². The molecule has 0 atom stereocenters. The summed E-state index contributed by atoms with van der Waals surface area (Å²) in [5, 5.41) is 11.2. The van der Waals surface area contributed by atoms with Crippen molar-refractivity contribution in [2.75, 3.05) is 17.2 Å². The highest BCUT2D eigenvalue weighted by molar-refractivity contribution is 7.08. The number of rotatable bonds is 3. The Hall–Kier alpha value is -1.48. The Morgan fingerprint density at radius 3 is 3.18 bits per heavy atom. The molecule has 1 aliphatic heterocycles. The van der Waals surface area contributed by atoms with Gasteiger partial charge in [0.05, 0.1) is 0 Å². The molecule has 1 aromatic heterocycles. The van der Waals surface area contributed by atoms with Crippen LogP contribution in [-0.2, 0) is 13.0 Å². The van der Waals surface area contributed by atoms with Gasteiger partial charge in [-0.1, -0.05) is 18.2 Å². The molecule has 1 aromatic carbocycles. The van der Waals surface area contributed by atoms with Crippen LogP contribution in [0.3, 0.4) is 0 Å². The lowest BCUT2D eigenvalue weighted by Gasteiger charge is -2.21. The lowest BCUT2D eigenvalue weighted by molar-refractivity contribution is 0.825. The summed E-state index contributed by atoms with van der Waals surface area (Å²) < 4.78 is 0. The van der Waals surface area contributed by atoms with Gasteiger partial charge in [-0.05, 0) is 35.4 Å². The minimum Gasteiger partial charge on any atom is -0.385 e. The van der Waals surface area contributed by atoms with Crippen molar-refractivity contribution in [2.24, 2.45) is 0 Å². The predicted octanol–water partition coefficient (Wildman–Crippen LogP) is 3.72. The maximum absolute atomic E-state index is 3.52. The van der Waals surface area contributed by atoms with Crippen molar-refractivity contribution in [3.8, 4) is 0 Å². The van der Waals surface area contributed by atoms with Crippen LogP contribution in [0.1, 0.15) is 17.5 Å². The maximum atomic E-state index is 3.52. The topological polar surface area (TPSA) is 24.1 Å². The second-order valence-electron chi connectivity index (χ2n) is 4.35. The minimum atomic E-state index is 0.896. The summed E-state index contributed by atoms with van der Waals surface area (Å²) in [6.45, 7) is 2.00. The van der Waals surface area contributed by atoms with E-state index in [2.05, 4.69) is 45.7 Å². The molecule has 3 heteroatoms. The van der Waals surface area contributed by atoms with Crippen LogP contribution in [0.25, 0.3) is 0 Å². The third-order valence-corrected chi connectivity index (χ3v) is 3.85. The van der Waals surface area contributed by atoms with Gasteiger partial charge in [-0.3, -0.25) is 0 Å². The number of fused-ring (bicyclic) bond motifs is 1. The SMILES string of the molecule is c1cc2c(c(CNc3ccsc3)c1)NCCC2. The minimum absolute atomic E-state index is 0.896. The van der Waals surface area contributed by atoms with Gasteiger partial charge in [0, 0.05) is 29.8 Å². The van der Waals surface area contributed by atoms with Crippen LogP contribution in [0.5, 0.6) is 0 Å². The van der Waals surface area contributed by atoms with Crippen LogP contribution < -0.4 is 10.6 Å². The van der Waals surface area contributed by atoms with Crippen LogP contribution in [0.4, 0.5) is 11.4 Å². The summed E-state index contributed by atoms with van der Waals surface area (Å²) in [7, 11) is 0. The average molecular weight is 244 g/mol. The molecule has 3 rings (SSSR count). The van der Waals surface area contributed by atoms with Gasteiger partial charge in [0.25, 0.3) is 0 Å². The molecular formula is C14H16N2S. The van der Waals surface area contributed by atoms with Gasteiger partial charge in [0.1, 0.15) is 0 Å². The number of hydrogen-bond acceptors (Lipinski definition) is 3. The summed E-state index contributed by atoms with van der Waals surface area (Å²) in [5.74, 6) is 0. The van der Waals surface area contributed by atoms with Crippen LogP contribution in [-0.4, -0.2) is 6.54 Å². The van der Waals surface area contributed by atoms with E-state index < -0.39 is 0 Å². The van der Waals surface area contributed by atoms with E-state index in [1.54, 1.807) is 11.3 Å². The van der Waals surface area contributed by atoms with E-state index in [1.807, 2.05) is 0 Å². The zero-order valence-electron chi connectivity index (χ0n) is 9.70. The molecular weight excluding hydrogens is 228 g/mol. The lowest BCUT2D eigenvalue weighted by Crippen LogP contribution is -2.14. The summed E-state index contributed by atoms with van der Waals surface area (Å²) >= 11 is 1.73. The molecule has 0 saturated heterocycles. The smallest absolute Gasteiger partial charge is 0.0451 e. The van der Waals surface area contributed by atoms with Gasteiger partial charge in [0.2, 0.25) is 0 Å². The quantitative estimate of drug-likeness (QED) is 0.860. The second kappa shape index (κ2) is 4.80. The largest absolute Gasteiger partial charge is 0.385 e. The molecule has 2 nitrogen and oxygen atoms in total. The van der Waals surface area contributed by atoms with Crippen molar-refractivity contribution < 1.29 is 0 Å². The Morgan fingerprint density at radius 1 is 1.29 bits per heavy atom. The third-order valence-electron chi connectivity index (χ3n) is 3.17. The van der Waals surface area contributed by atoms with Crippen LogP contribution >= 0.6 is 11.3 Å². The number of nitrogens with one attached hydrogen (secondary N) is 2. The summed E-state index contributed by atoms with van der Waals surface area (Å²) in [5.41, 5.74) is 5.39. The standard InChI is InChI=1S/C14H16N2S/c1-3-11-5-2-7-15-14(11)12(4-1)9-16-13-6-8-17-10-13/h1,3-4,6,8,10,15-16H,2,5,7,9H2. The molecule has 2 N–H and O–H groups in total. The summed E-state index contributed by atoms with van der Waals surface area (Å²) in [6, 6.07) is 8.72. The van der Waals surface area contributed by atoms with Crippen LogP contribution in [0.2, 0.25) is 0 Å². The maximum Gasteiger partial charge on any atom is 0.0451 e. The third kappa shape index (κ3) is 2.29. The van der Waals surface area contributed by atoms with E-state index in [-0.39, 0.29) is 0 Å². The van der Waals surface area contributed by atoms with Crippen LogP contribution in [0.15, 0.2) is 35.0 Å². The van der Waals surface area contributed by atoms with Crippen molar-refractivity contribution in [2.45, 2.75) is 19.4 Å². The Morgan fingerprint density at radius 2 is 2.29 bits per heavy atom. The molecule has 0 unspecified atom stereocenters. The van der Waals surface area contributed by atoms with Gasteiger partial charge in [-0.15, -0.1) is 0 Å².